The first kappa shape index (κ1) is 10.6. The third-order valence-electron chi connectivity index (χ3n) is 3.45. The van der Waals surface area contributed by atoms with E-state index in [1.807, 2.05) is 6.92 Å². The van der Waals surface area contributed by atoms with E-state index in [1.165, 1.54) is 0 Å². The van der Waals surface area contributed by atoms with Crippen LogP contribution in [-0.4, -0.2) is 23.7 Å². The second kappa shape index (κ2) is 3.74. The number of amides is 1. The lowest BCUT2D eigenvalue weighted by molar-refractivity contribution is -0.116. The van der Waals surface area contributed by atoms with E-state index < -0.39 is 0 Å². The quantitative estimate of drug-likeness (QED) is 0.765. The Labute approximate surface area is 99.6 Å². The summed E-state index contributed by atoms with van der Waals surface area (Å²) in [6.45, 7) is 2.03. The van der Waals surface area contributed by atoms with Crippen LogP contribution in [0, 0.1) is 6.92 Å². The minimum absolute atomic E-state index is 0.0366. The Hall–Kier alpha value is -1.55. The number of aliphatic hydroxyl groups is 1. The Kier molecular flexibility index (Phi) is 2.33. The molecular weight excluding hydrogens is 218 g/mol. The van der Waals surface area contributed by atoms with Crippen molar-refractivity contribution in [1.82, 2.24) is 0 Å². The number of rotatable bonds is 1. The van der Waals surface area contributed by atoms with Gasteiger partial charge in [0.05, 0.1) is 12.3 Å². The van der Waals surface area contributed by atoms with Crippen LogP contribution in [0.5, 0.6) is 5.75 Å². The summed E-state index contributed by atoms with van der Waals surface area (Å²) in [6.07, 6.45) is 1.86. The first-order chi connectivity index (χ1) is 8.19. The predicted molar refractivity (Wildman–Crippen MR) is 63.3 cm³/mol. The number of ether oxygens (including phenoxy) is 1. The van der Waals surface area contributed by atoms with Crippen molar-refractivity contribution in [3.63, 3.8) is 0 Å². The maximum Gasteiger partial charge on any atom is 0.224 e. The highest BCUT2D eigenvalue weighted by atomic mass is 16.5. The number of carbonyl (C=O) groups excluding carboxylic acids is 1. The van der Waals surface area contributed by atoms with Crippen molar-refractivity contribution in [2.24, 2.45) is 0 Å². The largest absolute Gasteiger partial charge is 0.487 e. The van der Waals surface area contributed by atoms with E-state index >= 15 is 0 Å². The van der Waals surface area contributed by atoms with Crippen LogP contribution in [0.1, 0.15) is 23.1 Å². The monoisotopic (exact) mass is 233 g/mol. The summed E-state index contributed by atoms with van der Waals surface area (Å²) in [7, 11) is 0. The van der Waals surface area contributed by atoms with E-state index in [2.05, 4.69) is 11.4 Å². The molecule has 0 spiro atoms. The minimum Gasteiger partial charge on any atom is -0.487 e. The van der Waals surface area contributed by atoms with Crippen molar-refractivity contribution in [2.75, 3.05) is 11.9 Å². The molecule has 1 aromatic carbocycles. The molecule has 2 aliphatic rings. The van der Waals surface area contributed by atoms with Crippen molar-refractivity contribution in [1.29, 1.82) is 0 Å². The van der Waals surface area contributed by atoms with Gasteiger partial charge in [-0.1, -0.05) is 6.07 Å². The van der Waals surface area contributed by atoms with Gasteiger partial charge in [0.25, 0.3) is 0 Å². The lowest BCUT2D eigenvalue weighted by atomic mass is 9.95. The molecule has 0 aliphatic carbocycles. The zero-order chi connectivity index (χ0) is 12.0. The summed E-state index contributed by atoms with van der Waals surface area (Å²) in [5.41, 5.74) is 4.22. The highest BCUT2D eigenvalue weighted by Gasteiger charge is 2.30. The summed E-state index contributed by atoms with van der Waals surface area (Å²) >= 11 is 0. The van der Waals surface area contributed by atoms with E-state index in [9.17, 15) is 4.79 Å². The van der Waals surface area contributed by atoms with Gasteiger partial charge in [0.2, 0.25) is 5.91 Å². The summed E-state index contributed by atoms with van der Waals surface area (Å²) in [4.78, 5) is 11.4. The second-order valence-electron chi connectivity index (χ2n) is 4.71. The number of carbonyl (C=O) groups is 1. The number of aliphatic hydroxyl groups excluding tert-OH is 1. The third-order valence-corrected chi connectivity index (χ3v) is 3.45. The Morgan fingerprint density at radius 2 is 2.35 bits per heavy atom. The molecule has 3 rings (SSSR count). The van der Waals surface area contributed by atoms with E-state index in [0.717, 1.165) is 41.0 Å². The Balaban J connectivity index is 2.09. The summed E-state index contributed by atoms with van der Waals surface area (Å²) in [5.74, 6) is 0.946. The molecule has 1 unspecified atom stereocenters. The molecule has 4 heteroatoms. The molecule has 1 aromatic rings. The van der Waals surface area contributed by atoms with Gasteiger partial charge in [-0.05, 0) is 24.5 Å². The third kappa shape index (κ3) is 1.60. The topological polar surface area (TPSA) is 58.6 Å². The number of benzene rings is 1. The van der Waals surface area contributed by atoms with Crippen molar-refractivity contribution in [3.05, 3.63) is 22.8 Å². The fraction of sp³-hybridized carbons (Fsp3) is 0.462. The molecule has 90 valence electrons. The van der Waals surface area contributed by atoms with Crippen molar-refractivity contribution in [3.8, 4) is 5.75 Å². The van der Waals surface area contributed by atoms with E-state index in [0.29, 0.717) is 6.42 Å². The maximum atomic E-state index is 11.4. The number of fused-ring (bicyclic) bond motifs is 3. The number of aryl methyl sites for hydroxylation is 1. The standard InChI is InChI=1S/C13H15NO3/c1-7-4-8-5-9(6-15)17-13(8)10-2-3-11(16)14-12(7)10/h4,9,15H,2-3,5-6H2,1H3,(H,14,16). The van der Waals surface area contributed by atoms with Crippen molar-refractivity contribution < 1.29 is 14.6 Å². The average molecular weight is 233 g/mol. The van der Waals surface area contributed by atoms with Crippen LogP contribution in [0.25, 0.3) is 0 Å². The molecule has 2 aliphatic heterocycles. The van der Waals surface area contributed by atoms with Crippen LogP contribution in [0.4, 0.5) is 5.69 Å². The molecule has 0 aromatic heterocycles. The normalized spacial score (nSPS) is 21.5. The fourth-order valence-electron chi connectivity index (χ4n) is 2.65. The van der Waals surface area contributed by atoms with Crippen LogP contribution in [-0.2, 0) is 17.6 Å². The lowest BCUT2D eigenvalue weighted by Gasteiger charge is -2.21. The summed E-state index contributed by atoms with van der Waals surface area (Å²) < 4.78 is 5.74. The number of anilines is 1. The molecule has 1 atom stereocenters. The van der Waals surface area contributed by atoms with Gasteiger partial charge >= 0.3 is 0 Å². The van der Waals surface area contributed by atoms with Gasteiger partial charge in [-0.2, -0.15) is 0 Å². The summed E-state index contributed by atoms with van der Waals surface area (Å²) in [5, 5.41) is 12.1. The molecule has 0 saturated carbocycles. The average Bonchev–Trinajstić information content (AvgIpc) is 2.72. The Morgan fingerprint density at radius 1 is 1.53 bits per heavy atom. The van der Waals surface area contributed by atoms with Gasteiger partial charge in [-0.25, -0.2) is 0 Å². The molecular formula is C13H15NO3. The first-order valence-corrected chi connectivity index (χ1v) is 5.91. The highest BCUT2D eigenvalue weighted by molar-refractivity contribution is 5.95. The lowest BCUT2D eigenvalue weighted by Crippen LogP contribution is -2.21. The zero-order valence-electron chi connectivity index (χ0n) is 9.75. The molecule has 4 nitrogen and oxygen atoms in total. The van der Waals surface area contributed by atoms with E-state index in [1.54, 1.807) is 0 Å². The van der Waals surface area contributed by atoms with Gasteiger partial charge < -0.3 is 15.2 Å². The first-order valence-electron chi connectivity index (χ1n) is 5.91. The highest BCUT2D eigenvalue weighted by Crippen LogP contribution is 2.41. The van der Waals surface area contributed by atoms with E-state index in [-0.39, 0.29) is 18.6 Å². The maximum absolute atomic E-state index is 11.4. The Morgan fingerprint density at radius 3 is 3.12 bits per heavy atom. The molecule has 0 radical (unpaired) electrons. The second-order valence-corrected chi connectivity index (χ2v) is 4.71. The van der Waals surface area contributed by atoms with Crippen LogP contribution in [0.2, 0.25) is 0 Å². The van der Waals surface area contributed by atoms with Crippen molar-refractivity contribution in [2.45, 2.75) is 32.3 Å². The molecule has 2 heterocycles. The minimum atomic E-state index is -0.131. The molecule has 0 saturated heterocycles. The van der Waals surface area contributed by atoms with Gasteiger partial charge in [0, 0.05) is 18.4 Å². The smallest absolute Gasteiger partial charge is 0.224 e. The Bertz CT molecular complexity index is 496. The van der Waals surface area contributed by atoms with Gasteiger partial charge in [-0.3, -0.25) is 4.79 Å². The predicted octanol–water partition coefficient (Wildman–Crippen LogP) is 1.18. The van der Waals surface area contributed by atoms with Gasteiger partial charge in [0.15, 0.2) is 0 Å². The molecule has 17 heavy (non-hydrogen) atoms. The molecule has 0 bridgehead atoms. The molecule has 0 fully saturated rings. The summed E-state index contributed by atoms with van der Waals surface area (Å²) in [6, 6.07) is 2.05. The fourth-order valence-corrected chi connectivity index (χ4v) is 2.65. The van der Waals surface area contributed by atoms with E-state index in [4.69, 9.17) is 9.84 Å². The van der Waals surface area contributed by atoms with Crippen LogP contribution >= 0.6 is 0 Å². The van der Waals surface area contributed by atoms with Crippen LogP contribution < -0.4 is 10.1 Å². The molecule has 2 N–H and O–H groups in total. The van der Waals surface area contributed by atoms with Gasteiger partial charge in [-0.15, -0.1) is 0 Å². The number of hydrogen-bond donors (Lipinski definition) is 2. The number of hydrogen-bond acceptors (Lipinski definition) is 3. The number of nitrogens with one attached hydrogen (secondary N) is 1. The molecule has 1 amide bonds. The van der Waals surface area contributed by atoms with Crippen molar-refractivity contribution >= 4 is 11.6 Å². The zero-order valence-corrected chi connectivity index (χ0v) is 9.75. The van der Waals surface area contributed by atoms with Crippen LogP contribution in [0.3, 0.4) is 0 Å². The van der Waals surface area contributed by atoms with Gasteiger partial charge in [0.1, 0.15) is 11.9 Å². The van der Waals surface area contributed by atoms with Crippen LogP contribution in [0.15, 0.2) is 6.07 Å². The SMILES string of the molecule is Cc1cc2c(c3c1NC(=O)CC3)OC(CO)C2.